The van der Waals surface area contributed by atoms with Crippen molar-refractivity contribution in [1.82, 2.24) is 5.32 Å². The van der Waals surface area contributed by atoms with Gasteiger partial charge in [0.2, 0.25) is 5.91 Å². The number of carbonyl (C=O) groups excluding carboxylic acids is 2. The quantitative estimate of drug-likeness (QED) is 0.452. The van der Waals surface area contributed by atoms with E-state index in [-0.39, 0.29) is 11.6 Å². The second kappa shape index (κ2) is 11.3. The van der Waals surface area contributed by atoms with Crippen molar-refractivity contribution in [2.45, 2.75) is 65.2 Å². The van der Waals surface area contributed by atoms with Crippen molar-refractivity contribution in [1.29, 1.82) is 0 Å². The van der Waals surface area contributed by atoms with Crippen molar-refractivity contribution in [3.63, 3.8) is 0 Å². The minimum absolute atomic E-state index is 0.0819. The van der Waals surface area contributed by atoms with E-state index in [2.05, 4.69) is 19.2 Å². The average molecular weight is 253 g/mol. The van der Waals surface area contributed by atoms with Crippen molar-refractivity contribution in [2.24, 2.45) is 5.92 Å². The van der Waals surface area contributed by atoms with Gasteiger partial charge in [-0.3, -0.25) is 4.79 Å². The van der Waals surface area contributed by atoms with Gasteiger partial charge in [0, 0.05) is 13.0 Å². The van der Waals surface area contributed by atoms with Gasteiger partial charge >= 0.3 is 0 Å². The monoisotopic (exact) mass is 253 g/mol. The van der Waals surface area contributed by atoms with Crippen LogP contribution in [-0.2, 0) is 9.59 Å². The molecular weight excluding hydrogens is 225 g/mol. The third kappa shape index (κ3) is 13.3. The number of hydrogen-bond acceptors (Lipinski definition) is 2. The standard InChI is InChI=1S/C14H28BNO2/c1-12(2)8-5-3-4-6-11-16-14(18)10-7-9-13(15)17/h12H,3-11,15H2,1-2H3,(H,16,18). The van der Waals surface area contributed by atoms with Gasteiger partial charge in [0.1, 0.15) is 0 Å². The molecule has 0 heterocycles. The summed E-state index contributed by atoms with van der Waals surface area (Å²) in [5, 5.41) is 2.91. The number of hydrogen-bond donors (Lipinski definition) is 1. The zero-order valence-electron chi connectivity index (χ0n) is 12.3. The number of unbranched alkanes of at least 4 members (excludes halogenated alkanes) is 3. The van der Waals surface area contributed by atoms with E-state index < -0.39 is 0 Å². The summed E-state index contributed by atoms with van der Waals surface area (Å²) in [7, 11) is 1.56. The molecule has 0 rings (SSSR count). The van der Waals surface area contributed by atoms with Crippen LogP contribution in [0.15, 0.2) is 0 Å². The van der Waals surface area contributed by atoms with Gasteiger partial charge in [-0.2, -0.15) is 0 Å². The molecule has 0 aromatic carbocycles. The summed E-state index contributed by atoms with van der Waals surface area (Å²) in [6, 6.07) is 0. The Balaban J connectivity index is 3.22. The predicted octanol–water partition coefficient (Wildman–Crippen LogP) is 2.04. The van der Waals surface area contributed by atoms with E-state index in [0.29, 0.717) is 19.3 Å². The van der Waals surface area contributed by atoms with Crippen LogP contribution in [0.5, 0.6) is 0 Å². The molecule has 0 saturated heterocycles. The molecule has 4 heteroatoms. The van der Waals surface area contributed by atoms with Gasteiger partial charge in [-0.15, -0.1) is 0 Å². The zero-order chi connectivity index (χ0) is 13.8. The normalized spacial score (nSPS) is 10.6. The van der Waals surface area contributed by atoms with Crippen LogP contribution in [0.3, 0.4) is 0 Å². The highest BCUT2D eigenvalue weighted by Crippen LogP contribution is 2.08. The van der Waals surface area contributed by atoms with Crippen molar-refractivity contribution >= 4 is 19.4 Å². The molecule has 1 amide bonds. The summed E-state index contributed by atoms with van der Waals surface area (Å²) < 4.78 is 0. The fraction of sp³-hybridized carbons (Fsp3) is 0.857. The molecule has 0 aromatic heterocycles. The molecule has 1 N–H and O–H groups in total. The second-order valence-electron chi connectivity index (χ2n) is 5.50. The van der Waals surface area contributed by atoms with E-state index in [1.165, 1.54) is 25.7 Å². The van der Waals surface area contributed by atoms with Gasteiger partial charge < -0.3 is 10.1 Å². The molecule has 104 valence electrons. The maximum absolute atomic E-state index is 11.4. The molecule has 0 saturated carbocycles. The summed E-state index contributed by atoms with van der Waals surface area (Å²) in [4.78, 5) is 22.1. The van der Waals surface area contributed by atoms with Gasteiger partial charge in [0.05, 0.1) is 5.68 Å². The Hall–Kier alpha value is -0.795. The fourth-order valence-corrected chi connectivity index (χ4v) is 1.85. The van der Waals surface area contributed by atoms with Gasteiger partial charge in [0.15, 0.2) is 7.85 Å². The predicted molar refractivity (Wildman–Crippen MR) is 78.3 cm³/mol. The van der Waals surface area contributed by atoms with Gasteiger partial charge in [-0.05, 0) is 25.2 Å². The maximum atomic E-state index is 11.4. The molecule has 3 nitrogen and oxygen atoms in total. The number of amides is 1. The topological polar surface area (TPSA) is 46.2 Å². The highest BCUT2D eigenvalue weighted by Gasteiger charge is 2.01. The third-order valence-electron chi connectivity index (χ3n) is 2.96. The maximum Gasteiger partial charge on any atom is 0.220 e. The first-order chi connectivity index (χ1) is 8.52. The molecule has 0 aliphatic carbocycles. The summed E-state index contributed by atoms with van der Waals surface area (Å²) in [6.45, 7) is 5.28. The number of rotatable bonds is 11. The Morgan fingerprint density at radius 3 is 2.28 bits per heavy atom. The van der Waals surface area contributed by atoms with Crippen LogP contribution in [0.1, 0.15) is 65.2 Å². The van der Waals surface area contributed by atoms with Crippen LogP contribution in [0.25, 0.3) is 0 Å². The lowest BCUT2D eigenvalue weighted by molar-refractivity contribution is -0.121. The summed E-state index contributed by atoms with van der Waals surface area (Å²) in [6.07, 6.45) is 7.79. The lowest BCUT2D eigenvalue weighted by atomic mass is 9.97. The molecule has 0 radical (unpaired) electrons. The average Bonchev–Trinajstić information content (AvgIpc) is 2.26. The van der Waals surface area contributed by atoms with Crippen molar-refractivity contribution in [3.8, 4) is 0 Å². The Labute approximate surface area is 113 Å². The minimum Gasteiger partial charge on any atom is -0.356 e. The number of nitrogens with one attached hydrogen (secondary N) is 1. The highest BCUT2D eigenvalue weighted by atomic mass is 16.1. The lowest BCUT2D eigenvalue weighted by Gasteiger charge is -2.06. The Kier molecular flexibility index (Phi) is 10.8. The van der Waals surface area contributed by atoms with Crippen LogP contribution in [0.2, 0.25) is 0 Å². The molecule has 0 atom stereocenters. The van der Waals surface area contributed by atoms with E-state index in [1.54, 1.807) is 7.85 Å². The first-order valence-electron chi connectivity index (χ1n) is 7.28. The molecule has 0 aliphatic heterocycles. The molecular formula is C14H28BNO2. The van der Waals surface area contributed by atoms with E-state index in [4.69, 9.17) is 0 Å². The van der Waals surface area contributed by atoms with Gasteiger partial charge in [0.25, 0.3) is 0 Å². The molecule has 0 aliphatic rings. The Bertz CT molecular complexity index is 242. The smallest absolute Gasteiger partial charge is 0.220 e. The highest BCUT2D eigenvalue weighted by molar-refractivity contribution is 6.57. The van der Waals surface area contributed by atoms with E-state index in [1.807, 2.05) is 0 Å². The van der Waals surface area contributed by atoms with E-state index >= 15 is 0 Å². The molecule has 0 fully saturated rings. The van der Waals surface area contributed by atoms with Crippen molar-refractivity contribution in [3.05, 3.63) is 0 Å². The van der Waals surface area contributed by atoms with Crippen LogP contribution >= 0.6 is 0 Å². The third-order valence-corrected chi connectivity index (χ3v) is 2.96. The zero-order valence-corrected chi connectivity index (χ0v) is 12.3. The van der Waals surface area contributed by atoms with E-state index in [0.717, 1.165) is 18.9 Å². The fourth-order valence-electron chi connectivity index (χ4n) is 1.85. The summed E-state index contributed by atoms with van der Waals surface area (Å²) >= 11 is 0. The molecule has 0 aromatic rings. The molecule has 18 heavy (non-hydrogen) atoms. The summed E-state index contributed by atoms with van der Waals surface area (Å²) in [5.74, 6) is 0.879. The van der Waals surface area contributed by atoms with E-state index in [9.17, 15) is 9.59 Å². The van der Waals surface area contributed by atoms with Gasteiger partial charge in [-0.25, -0.2) is 0 Å². The van der Waals surface area contributed by atoms with Crippen LogP contribution < -0.4 is 5.32 Å². The van der Waals surface area contributed by atoms with Crippen molar-refractivity contribution < 1.29 is 9.59 Å². The van der Waals surface area contributed by atoms with Gasteiger partial charge in [-0.1, -0.05) is 39.5 Å². The molecule has 0 bridgehead atoms. The SMILES string of the molecule is BC(=O)CCCC(=O)NCCCCCCC(C)C. The van der Waals surface area contributed by atoms with Crippen LogP contribution in [0, 0.1) is 5.92 Å². The number of carbonyl (C=O) groups is 2. The molecule has 0 spiro atoms. The van der Waals surface area contributed by atoms with Crippen molar-refractivity contribution in [2.75, 3.05) is 6.54 Å². The first kappa shape index (κ1) is 17.2. The lowest BCUT2D eigenvalue weighted by Crippen LogP contribution is -2.24. The summed E-state index contributed by atoms with van der Waals surface area (Å²) in [5.41, 5.74) is 0.160. The largest absolute Gasteiger partial charge is 0.356 e. The van der Waals surface area contributed by atoms with Crippen LogP contribution in [-0.4, -0.2) is 26.0 Å². The Morgan fingerprint density at radius 1 is 1.00 bits per heavy atom. The second-order valence-corrected chi connectivity index (χ2v) is 5.50. The molecule has 0 unspecified atom stereocenters. The Morgan fingerprint density at radius 2 is 1.67 bits per heavy atom. The van der Waals surface area contributed by atoms with Crippen LogP contribution in [0.4, 0.5) is 0 Å². The minimum atomic E-state index is 0.0819. The first-order valence-corrected chi connectivity index (χ1v) is 7.28.